The van der Waals surface area contributed by atoms with Crippen LogP contribution >= 0.6 is 11.3 Å². The Morgan fingerprint density at radius 2 is 1.10 bits per heavy atom. The number of hydrogen-bond donors (Lipinski definition) is 0. The summed E-state index contributed by atoms with van der Waals surface area (Å²) in [5.74, 6) is 0. The van der Waals surface area contributed by atoms with Crippen molar-refractivity contribution in [1.29, 1.82) is 0 Å². The lowest BCUT2D eigenvalue weighted by Gasteiger charge is -2.15. The molecule has 0 bridgehead atoms. The number of benzene rings is 7. The van der Waals surface area contributed by atoms with Gasteiger partial charge in [0.2, 0.25) is 0 Å². The van der Waals surface area contributed by atoms with E-state index in [-0.39, 0.29) is 0 Å². The maximum atomic E-state index is 4.16. The fourth-order valence-electron chi connectivity index (χ4n) is 6.31. The van der Waals surface area contributed by atoms with Crippen LogP contribution in [0.15, 0.2) is 134 Å². The number of rotatable bonds is 3. The molecule has 0 saturated heterocycles. The molecule has 2 nitrogen and oxygen atoms in total. The Bertz CT molecular complexity index is 2290. The fraction of sp³-hybridized carbons (Fsp3) is 0. The Morgan fingerprint density at radius 1 is 0.500 bits per heavy atom. The van der Waals surface area contributed by atoms with E-state index in [2.05, 4.69) is 120 Å². The summed E-state index contributed by atoms with van der Waals surface area (Å²) < 4.78 is 4.71. The lowest BCUT2D eigenvalue weighted by Crippen LogP contribution is -1.90. The van der Waals surface area contributed by atoms with Crippen molar-refractivity contribution >= 4 is 63.8 Å². The first-order valence-electron chi connectivity index (χ1n) is 13.5. The molecule has 3 heteroatoms. The van der Waals surface area contributed by atoms with Crippen molar-refractivity contribution in [3.63, 3.8) is 0 Å². The van der Waals surface area contributed by atoms with Crippen LogP contribution in [0, 0.1) is 0 Å². The summed E-state index contributed by atoms with van der Waals surface area (Å²) in [6.07, 6.45) is 5.60. The van der Waals surface area contributed by atoms with Gasteiger partial charge in [0.25, 0.3) is 0 Å². The SMILES string of the molecule is c1ccc2c(c1)sc1cc(-c3cc4ccc5cc(-c6ccc(-n7ccnc7)cc6)cc6ccc(c3)c4c56)ccc12. The molecular formula is C37H22N2S. The highest BCUT2D eigenvalue weighted by Crippen LogP contribution is 2.41. The van der Waals surface area contributed by atoms with E-state index < -0.39 is 0 Å². The van der Waals surface area contributed by atoms with E-state index in [9.17, 15) is 0 Å². The average Bonchev–Trinajstić information content (AvgIpc) is 3.68. The number of thiophene rings is 1. The third-order valence-corrected chi connectivity index (χ3v) is 9.38. The first-order valence-corrected chi connectivity index (χ1v) is 14.3. The minimum Gasteiger partial charge on any atom is -0.306 e. The van der Waals surface area contributed by atoms with Gasteiger partial charge in [0.1, 0.15) is 0 Å². The fourth-order valence-corrected chi connectivity index (χ4v) is 7.46. The normalized spacial score (nSPS) is 12.0. The molecule has 40 heavy (non-hydrogen) atoms. The van der Waals surface area contributed by atoms with Crippen LogP contribution in [-0.4, -0.2) is 9.55 Å². The van der Waals surface area contributed by atoms with Gasteiger partial charge < -0.3 is 4.57 Å². The summed E-state index contributed by atoms with van der Waals surface area (Å²) in [6, 6.07) is 42.8. The minimum absolute atomic E-state index is 1.11. The third kappa shape index (κ3) is 3.25. The molecule has 2 aromatic heterocycles. The summed E-state index contributed by atoms with van der Waals surface area (Å²) in [7, 11) is 0. The molecule has 0 aliphatic carbocycles. The highest BCUT2D eigenvalue weighted by molar-refractivity contribution is 7.25. The van der Waals surface area contributed by atoms with E-state index in [4.69, 9.17) is 0 Å². The zero-order chi connectivity index (χ0) is 26.2. The molecule has 7 aromatic carbocycles. The van der Waals surface area contributed by atoms with Crippen molar-refractivity contribution < 1.29 is 0 Å². The first kappa shape index (κ1) is 21.9. The van der Waals surface area contributed by atoms with Crippen LogP contribution in [0.3, 0.4) is 0 Å². The molecule has 9 rings (SSSR count). The molecule has 0 amide bonds. The number of hydrogen-bond acceptors (Lipinski definition) is 2. The topological polar surface area (TPSA) is 17.8 Å². The molecule has 0 unspecified atom stereocenters. The van der Waals surface area contributed by atoms with Gasteiger partial charge in [0.05, 0.1) is 6.33 Å². The molecule has 186 valence electrons. The van der Waals surface area contributed by atoms with Crippen LogP contribution in [-0.2, 0) is 0 Å². The van der Waals surface area contributed by atoms with Gasteiger partial charge in [-0.1, -0.05) is 66.7 Å². The Hall–Kier alpha value is -4.99. The van der Waals surface area contributed by atoms with Crippen LogP contribution in [0.1, 0.15) is 0 Å². The maximum absolute atomic E-state index is 4.16. The molecule has 0 saturated carbocycles. The van der Waals surface area contributed by atoms with Gasteiger partial charge >= 0.3 is 0 Å². The smallest absolute Gasteiger partial charge is 0.0991 e. The summed E-state index contributed by atoms with van der Waals surface area (Å²) in [5.41, 5.74) is 6.10. The average molecular weight is 527 g/mol. The molecule has 2 heterocycles. The summed E-state index contributed by atoms with van der Waals surface area (Å²) in [4.78, 5) is 4.16. The molecular weight excluding hydrogens is 504 g/mol. The van der Waals surface area contributed by atoms with Crippen molar-refractivity contribution in [3.05, 3.63) is 134 Å². The van der Waals surface area contributed by atoms with Crippen molar-refractivity contribution in [2.45, 2.75) is 0 Å². The Kier molecular flexibility index (Phi) is 4.52. The molecule has 0 fully saturated rings. The molecule has 0 atom stereocenters. The van der Waals surface area contributed by atoms with Gasteiger partial charge in [-0.15, -0.1) is 11.3 Å². The van der Waals surface area contributed by atoms with E-state index in [0.717, 1.165) is 5.69 Å². The maximum Gasteiger partial charge on any atom is 0.0991 e. The monoisotopic (exact) mass is 526 g/mol. The lowest BCUT2D eigenvalue weighted by atomic mass is 9.89. The number of nitrogens with zero attached hydrogens (tertiary/aromatic N) is 2. The minimum atomic E-state index is 1.11. The van der Waals surface area contributed by atoms with Crippen LogP contribution in [0.25, 0.3) is 80.4 Å². The second-order valence-electron chi connectivity index (χ2n) is 10.6. The van der Waals surface area contributed by atoms with E-state index >= 15 is 0 Å². The van der Waals surface area contributed by atoms with Crippen molar-refractivity contribution in [1.82, 2.24) is 9.55 Å². The van der Waals surface area contributed by atoms with Gasteiger partial charge in [0.15, 0.2) is 0 Å². The molecule has 9 aromatic rings. The zero-order valence-corrected chi connectivity index (χ0v) is 22.3. The standard InChI is InChI=1S/C37H22N2S/c1-2-4-34-32(3-1)33-14-11-24(21-35(33)40-34)30-19-27-7-5-25-17-29(18-26-6-8-28(20-30)37(27)36(25)26)23-9-12-31(13-10-23)39-16-15-38-22-39/h1-22H. The molecule has 0 aliphatic heterocycles. The van der Waals surface area contributed by atoms with Crippen molar-refractivity contribution in [2.24, 2.45) is 0 Å². The summed E-state index contributed by atoms with van der Waals surface area (Å²) >= 11 is 1.88. The largest absolute Gasteiger partial charge is 0.306 e. The van der Waals surface area contributed by atoms with Crippen molar-refractivity contribution in [3.8, 4) is 27.9 Å². The van der Waals surface area contributed by atoms with Crippen molar-refractivity contribution in [2.75, 3.05) is 0 Å². The first-order chi connectivity index (χ1) is 19.8. The quantitative estimate of drug-likeness (QED) is 0.209. The predicted octanol–water partition coefficient (Wildman–Crippen LogP) is 10.5. The third-order valence-electron chi connectivity index (χ3n) is 8.25. The van der Waals surface area contributed by atoms with E-state index in [1.54, 1.807) is 6.20 Å². The number of aromatic nitrogens is 2. The Labute approximate surface area is 234 Å². The van der Waals surface area contributed by atoms with Gasteiger partial charge in [0, 0.05) is 38.3 Å². The molecule has 0 aliphatic rings. The van der Waals surface area contributed by atoms with Gasteiger partial charge in [-0.3, -0.25) is 0 Å². The second kappa shape index (κ2) is 8.25. The van der Waals surface area contributed by atoms with E-state index in [1.165, 1.54) is 74.7 Å². The molecule has 0 radical (unpaired) electrons. The van der Waals surface area contributed by atoms with E-state index in [1.807, 2.05) is 28.4 Å². The predicted molar refractivity (Wildman–Crippen MR) is 171 cm³/mol. The van der Waals surface area contributed by atoms with E-state index in [0.29, 0.717) is 0 Å². The van der Waals surface area contributed by atoms with Crippen LogP contribution < -0.4 is 0 Å². The number of imidazole rings is 1. The highest BCUT2D eigenvalue weighted by Gasteiger charge is 2.13. The van der Waals surface area contributed by atoms with Gasteiger partial charge in [-0.2, -0.15) is 0 Å². The lowest BCUT2D eigenvalue weighted by molar-refractivity contribution is 1.06. The molecule has 0 spiro atoms. The summed E-state index contributed by atoms with van der Waals surface area (Å²) in [5, 5.41) is 10.5. The summed E-state index contributed by atoms with van der Waals surface area (Å²) in [6.45, 7) is 0. The molecule has 0 N–H and O–H groups in total. The zero-order valence-electron chi connectivity index (χ0n) is 21.5. The van der Waals surface area contributed by atoms with Crippen LogP contribution in [0.5, 0.6) is 0 Å². The Balaban J connectivity index is 1.17. The van der Waals surface area contributed by atoms with Crippen LogP contribution in [0.4, 0.5) is 0 Å². The van der Waals surface area contributed by atoms with Gasteiger partial charge in [-0.25, -0.2) is 4.98 Å². The number of fused-ring (bicyclic) bond motifs is 3. The van der Waals surface area contributed by atoms with Gasteiger partial charge in [-0.05, 0) is 103 Å². The highest BCUT2D eigenvalue weighted by atomic mass is 32.1. The van der Waals surface area contributed by atoms with Crippen LogP contribution in [0.2, 0.25) is 0 Å². The Morgan fingerprint density at radius 3 is 1.75 bits per heavy atom. The second-order valence-corrected chi connectivity index (χ2v) is 11.6.